The van der Waals surface area contributed by atoms with E-state index in [-0.39, 0.29) is 18.0 Å². The van der Waals surface area contributed by atoms with E-state index in [2.05, 4.69) is 0 Å². The topological polar surface area (TPSA) is 72.6 Å². The molecule has 0 atom stereocenters. The molecule has 104 valence electrons. The molecular formula is C15H15NO4. The van der Waals surface area contributed by atoms with Crippen LogP contribution in [-0.4, -0.2) is 10.0 Å². The van der Waals surface area contributed by atoms with Gasteiger partial charge in [0, 0.05) is 11.6 Å². The highest BCUT2D eigenvalue weighted by atomic mass is 16.6. The van der Waals surface area contributed by atoms with Gasteiger partial charge in [-0.15, -0.1) is 0 Å². The molecule has 2 aromatic carbocycles. The van der Waals surface area contributed by atoms with Gasteiger partial charge >= 0.3 is 5.69 Å². The predicted molar refractivity (Wildman–Crippen MR) is 75.0 cm³/mol. The third-order valence-corrected chi connectivity index (χ3v) is 2.95. The van der Waals surface area contributed by atoms with Crippen LogP contribution in [0.4, 0.5) is 5.69 Å². The predicted octanol–water partition coefficient (Wildman–Crippen LogP) is 3.50. The van der Waals surface area contributed by atoms with Gasteiger partial charge in [-0.05, 0) is 31.0 Å². The molecule has 5 heteroatoms. The third kappa shape index (κ3) is 2.78. The number of rotatable bonds is 4. The van der Waals surface area contributed by atoms with Crippen LogP contribution < -0.4 is 4.74 Å². The Hall–Kier alpha value is -2.40. The zero-order valence-electron chi connectivity index (χ0n) is 11.3. The van der Waals surface area contributed by atoms with Crippen molar-refractivity contribution in [2.24, 2.45) is 0 Å². The van der Waals surface area contributed by atoms with Gasteiger partial charge in [0.25, 0.3) is 0 Å². The Balaban J connectivity index is 2.50. The van der Waals surface area contributed by atoms with E-state index in [0.29, 0.717) is 16.9 Å². The lowest BCUT2D eigenvalue weighted by Gasteiger charge is -2.12. The highest BCUT2D eigenvalue weighted by Crippen LogP contribution is 2.36. The molecule has 0 saturated carbocycles. The van der Waals surface area contributed by atoms with Crippen molar-refractivity contribution in [1.82, 2.24) is 0 Å². The van der Waals surface area contributed by atoms with E-state index in [9.17, 15) is 15.2 Å². The fourth-order valence-corrected chi connectivity index (χ4v) is 2.04. The zero-order valence-corrected chi connectivity index (χ0v) is 11.3. The molecule has 0 spiro atoms. The van der Waals surface area contributed by atoms with Gasteiger partial charge in [0.05, 0.1) is 11.5 Å². The molecule has 2 aromatic rings. The number of aliphatic hydroxyl groups excluding tert-OH is 1. The molecule has 0 heterocycles. The molecule has 0 aliphatic carbocycles. The maximum atomic E-state index is 11.1. The number of nitro groups is 1. The summed E-state index contributed by atoms with van der Waals surface area (Å²) in [5, 5.41) is 20.4. The van der Waals surface area contributed by atoms with Crippen LogP contribution in [0, 0.1) is 24.0 Å². The van der Waals surface area contributed by atoms with E-state index >= 15 is 0 Å². The largest absolute Gasteiger partial charge is 0.449 e. The number of hydrogen-bond acceptors (Lipinski definition) is 4. The van der Waals surface area contributed by atoms with Gasteiger partial charge in [0.2, 0.25) is 5.75 Å². The summed E-state index contributed by atoms with van der Waals surface area (Å²) >= 11 is 0. The Morgan fingerprint density at radius 1 is 1.25 bits per heavy atom. The van der Waals surface area contributed by atoms with E-state index < -0.39 is 4.92 Å². The van der Waals surface area contributed by atoms with Crippen molar-refractivity contribution in [2.45, 2.75) is 20.5 Å². The first-order valence-electron chi connectivity index (χ1n) is 6.15. The van der Waals surface area contributed by atoms with Crippen LogP contribution in [0.2, 0.25) is 0 Å². The first-order valence-corrected chi connectivity index (χ1v) is 6.15. The molecule has 0 fully saturated rings. The van der Waals surface area contributed by atoms with Crippen LogP contribution >= 0.6 is 0 Å². The van der Waals surface area contributed by atoms with E-state index in [1.807, 2.05) is 6.07 Å². The van der Waals surface area contributed by atoms with Crippen molar-refractivity contribution in [3.8, 4) is 11.5 Å². The molecule has 0 saturated heterocycles. The van der Waals surface area contributed by atoms with Gasteiger partial charge in [-0.25, -0.2) is 0 Å². The van der Waals surface area contributed by atoms with Gasteiger partial charge in [-0.2, -0.15) is 0 Å². The van der Waals surface area contributed by atoms with Crippen LogP contribution in [0.1, 0.15) is 16.7 Å². The number of aliphatic hydroxyl groups is 1. The van der Waals surface area contributed by atoms with Gasteiger partial charge in [-0.1, -0.05) is 24.3 Å². The van der Waals surface area contributed by atoms with E-state index in [4.69, 9.17) is 4.74 Å². The van der Waals surface area contributed by atoms with Crippen LogP contribution in [0.3, 0.4) is 0 Å². The van der Waals surface area contributed by atoms with Gasteiger partial charge < -0.3 is 9.84 Å². The normalized spacial score (nSPS) is 10.3. The Morgan fingerprint density at radius 2 is 1.95 bits per heavy atom. The lowest BCUT2D eigenvalue weighted by atomic mass is 10.1. The average molecular weight is 273 g/mol. The Kier molecular flexibility index (Phi) is 4.00. The van der Waals surface area contributed by atoms with Crippen LogP contribution in [0.15, 0.2) is 36.4 Å². The van der Waals surface area contributed by atoms with Gasteiger partial charge in [-0.3, -0.25) is 10.1 Å². The monoisotopic (exact) mass is 273 g/mol. The minimum atomic E-state index is -0.461. The van der Waals surface area contributed by atoms with E-state index in [1.54, 1.807) is 38.1 Å². The number of nitrogens with zero attached hydrogens (tertiary/aromatic N) is 1. The summed E-state index contributed by atoms with van der Waals surface area (Å²) in [6.07, 6.45) is 0. The third-order valence-electron chi connectivity index (χ3n) is 2.95. The first kappa shape index (κ1) is 14.0. The smallest absolute Gasteiger partial charge is 0.312 e. The zero-order chi connectivity index (χ0) is 14.7. The average Bonchev–Trinajstić information content (AvgIpc) is 2.41. The highest BCUT2D eigenvalue weighted by Gasteiger charge is 2.20. The molecule has 0 unspecified atom stereocenters. The van der Waals surface area contributed by atoms with Gasteiger partial charge in [0.15, 0.2) is 0 Å². The lowest BCUT2D eigenvalue weighted by Crippen LogP contribution is -1.98. The molecular weight excluding hydrogens is 258 g/mol. The molecule has 0 bridgehead atoms. The number of aryl methyl sites for hydroxylation is 2. The lowest BCUT2D eigenvalue weighted by molar-refractivity contribution is -0.385. The van der Waals surface area contributed by atoms with E-state index in [0.717, 1.165) is 5.56 Å². The minimum Gasteiger partial charge on any atom is -0.449 e. The number of hydrogen-bond donors (Lipinski definition) is 1. The van der Waals surface area contributed by atoms with Crippen molar-refractivity contribution in [1.29, 1.82) is 0 Å². The first-order chi connectivity index (χ1) is 9.52. The molecule has 1 N–H and O–H groups in total. The molecule has 0 amide bonds. The van der Waals surface area contributed by atoms with Crippen molar-refractivity contribution in [3.05, 3.63) is 63.2 Å². The maximum absolute atomic E-state index is 11.1. The molecule has 5 nitrogen and oxygen atoms in total. The summed E-state index contributed by atoms with van der Waals surface area (Å²) in [7, 11) is 0. The number of benzene rings is 2. The van der Waals surface area contributed by atoms with Crippen molar-refractivity contribution in [3.63, 3.8) is 0 Å². The molecule has 0 aliphatic heterocycles. The van der Waals surface area contributed by atoms with Gasteiger partial charge in [0.1, 0.15) is 5.75 Å². The summed E-state index contributed by atoms with van der Waals surface area (Å²) in [6.45, 7) is 3.37. The molecule has 0 radical (unpaired) electrons. The van der Waals surface area contributed by atoms with Crippen molar-refractivity contribution < 1.29 is 14.8 Å². The fraction of sp³-hybridized carbons (Fsp3) is 0.200. The Bertz CT molecular complexity index is 652. The molecule has 0 aromatic heterocycles. The highest BCUT2D eigenvalue weighted by molar-refractivity contribution is 5.55. The SMILES string of the molecule is Cc1cc(C)c(Oc2ccccc2CO)c([N+](=O)[O-])c1. The fourth-order valence-electron chi connectivity index (χ4n) is 2.04. The number of ether oxygens (including phenoxy) is 1. The summed E-state index contributed by atoms with van der Waals surface area (Å²) in [6, 6.07) is 10.2. The molecule has 20 heavy (non-hydrogen) atoms. The van der Waals surface area contributed by atoms with Crippen molar-refractivity contribution >= 4 is 5.69 Å². The van der Waals surface area contributed by atoms with Crippen LogP contribution in [0.5, 0.6) is 11.5 Å². The standard InChI is InChI=1S/C15H15NO4/c1-10-7-11(2)15(13(8-10)16(18)19)20-14-6-4-3-5-12(14)9-17/h3-8,17H,9H2,1-2H3. The Morgan fingerprint density at radius 3 is 2.60 bits per heavy atom. The minimum absolute atomic E-state index is 0.0738. The maximum Gasteiger partial charge on any atom is 0.312 e. The summed E-state index contributed by atoms with van der Waals surface area (Å²) in [5.41, 5.74) is 2.00. The number of nitro benzene ring substituents is 1. The Labute approximate surface area is 116 Å². The number of para-hydroxylation sites is 1. The summed E-state index contributed by atoms with van der Waals surface area (Å²) in [4.78, 5) is 10.7. The van der Waals surface area contributed by atoms with Crippen molar-refractivity contribution in [2.75, 3.05) is 0 Å². The molecule has 0 aliphatic rings. The second-order valence-electron chi connectivity index (χ2n) is 4.56. The summed E-state index contributed by atoms with van der Waals surface area (Å²) in [5.74, 6) is 0.631. The second kappa shape index (κ2) is 5.71. The second-order valence-corrected chi connectivity index (χ2v) is 4.56. The summed E-state index contributed by atoms with van der Waals surface area (Å²) < 4.78 is 5.68. The van der Waals surface area contributed by atoms with Crippen LogP contribution in [-0.2, 0) is 6.61 Å². The van der Waals surface area contributed by atoms with Crippen LogP contribution in [0.25, 0.3) is 0 Å². The molecule has 2 rings (SSSR count). The van der Waals surface area contributed by atoms with E-state index in [1.165, 1.54) is 6.07 Å². The quantitative estimate of drug-likeness (QED) is 0.683.